The number of carbonyl (C=O) groups excluding carboxylic acids is 1. The molecule has 1 aliphatic heterocycles. The lowest BCUT2D eigenvalue weighted by Crippen LogP contribution is -2.28. The second-order valence-corrected chi connectivity index (χ2v) is 9.45. The summed E-state index contributed by atoms with van der Waals surface area (Å²) in [5.41, 5.74) is 5.48. The molecule has 2 heterocycles. The number of amidine groups is 1. The predicted octanol–water partition coefficient (Wildman–Crippen LogP) is 6.10. The van der Waals surface area contributed by atoms with E-state index in [4.69, 9.17) is 0 Å². The molecule has 1 aromatic heterocycles. The Kier molecular flexibility index (Phi) is 6.24. The van der Waals surface area contributed by atoms with Crippen LogP contribution in [0.25, 0.3) is 16.9 Å². The fourth-order valence-corrected chi connectivity index (χ4v) is 5.27. The van der Waals surface area contributed by atoms with Crippen molar-refractivity contribution in [3.05, 3.63) is 106 Å². The number of para-hydroxylation sites is 1. The Hall–Kier alpha value is -3.42. The van der Waals surface area contributed by atoms with Crippen LogP contribution in [0.1, 0.15) is 11.1 Å². The minimum atomic E-state index is 0.00950. The monoisotopic (exact) mass is 470 g/mol. The Labute approximate surface area is 200 Å². The Morgan fingerprint density at radius 2 is 1.58 bits per heavy atom. The van der Waals surface area contributed by atoms with Crippen molar-refractivity contribution in [3.8, 4) is 16.9 Å². The number of benzene rings is 3. The van der Waals surface area contributed by atoms with Crippen LogP contribution in [0.5, 0.6) is 0 Å². The Morgan fingerprint density at radius 3 is 2.30 bits per heavy atom. The molecular formula is C26H22N4OS2. The third-order valence-corrected chi connectivity index (χ3v) is 7.05. The standard InChI is InChI=1S/C26H22N4OS2/c1-19-12-14-21(15-13-19)23-17-32-25(30(23)22-10-6-3-7-11-22)28-27-24-18-33-26(31)29(24)16-20-8-4-2-5-9-20/h2-15,17H,16,18H2,1H3/b27-24-,28-25-. The number of carbonyl (C=O) groups is 1. The van der Waals surface area contributed by atoms with Crippen molar-refractivity contribution in [2.75, 3.05) is 5.75 Å². The molecular weight excluding hydrogens is 448 g/mol. The summed E-state index contributed by atoms with van der Waals surface area (Å²) in [5, 5.41) is 11.3. The van der Waals surface area contributed by atoms with Gasteiger partial charge in [0.25, 0.3) is 5.24 Å². The molecule has 0 radical (unpaired) electrons. The van der Waals surface area contributed by atoms with Crippen molar-refractivity contribution in [2.45, 2.75) is 13.5 Å². The molecule has 1 saturated heterocycles. The summed E-state index contributed by atoms with van der Waals surface area (Å²) in [6.45, 7) is 2.58. The highest BCUT2D eigenvalue weighted by atomic mass is 32.2. The third kappa shape index (κ3) is 4.69. The van der Waals surface area contributed by atoms with E-state index in [1.807, 2.05) is 48.5 Å². The molecule has 164 valence electrons. The summed E-state index contributed by atoms with van der Waals surface area (Å²) in [7, 11) is 0. The van der Waals surface area contributed by atoms with E-state index in [9.17, 15) is 4.79 Å². The van der Waals surface area contributed by atoms with Gasteiger partial charge < -0.3 is 0 Å². The second kappa shape index (κ2) is 9.60. The maximum absolute atomic E-state index is 12.5. The van der Waals surface area contributed by atoms with Crippen LogP contribution in [0, 0.1) is 6.92 Å². The maximum Gasteiger partial charge on any atom is 0.287 e. The van der Waals surface area contributed by atoms with Crippen molar-refractivity contribution in [2.24, 2.45) is 10.2 Å². The van der Waals surface area contributed by atoms with Crippen LogP contribution in [-0.2, 0) is 6.54 Å². The second-order valence-electron chi connectivity index (χ2n) is 7.68. The molecule has 33 heavy (non-hydrogen) atoms. The van der Waals surface area contributed by atoms with Gasteiger partial charge in [0.1, 0.15) is 5.84 Å². The molecule has 1 aliphatic rings. The number of aromatic nitrogens is 1. The summed E-state index contributed by atoms with van der Waals surface area (Å²) < 4.78 is 2.12. The van der Waals surface area contributed by atoms with Gasteiger partial charge in [-0.05, 0) is 30.2 Å². The van der Waals surface area contributed by atoms with E-state index in [2.05, 4.69) is 63.5 Å². The molecule has 0 N–H and O–H groups in total. The Bertz CT molecular complexity index is 1360. The van der Waals surface area contributed by atoms with E-state index < -0.39 is 0 Å². The molecule has 0 aliphatic carbocycles. The Morgan fingerprint density at radius 1 is 0.879 bits per heavy atom. The quantitative estimate of drug-likeness (QED) is 0.331. The van der Waals surface area contributed by atoms with Crippen molar-refractivity contribution >= 4 is 34.2 Å². The average molecular weight is 471 g/mol. The van der Waals surface area contributed by atoms with Gasteiger partial charge in [-0.3, -0.25) is 14.3 Å². The fourth-order valence-electron chi connectivity index (χ4n) is 3.63. The molecule has 0 spiro atoms. The average Bonchev–Trinajstić information content (AvgIpc) is 3.43. The third-order valence-electron chi connectivity index (χ3n) is 5.36. The lowest BCUT2D eigenvalue weighted by atomic mass is 10.1. The summed E-state index contributed by atoms with van der Waals surface area (Å²) in [4.78, 5) is 14.9. The summed E-state index contributed by atoms with van der Waals surface area (Å²) >= 11 is 2.80. The molecule has 5 rings (SSSR count). The van der Waals surface area contributed by atoms with Gasteiger partial charge in [-0.2, -0.15) is 0 Å². The van der Waals surface area contributed by atoms with Gasteiger partial charge in [0.05, 0.1) is 18.0 Å². The smallest absolute Gasteiger partial charge is 0.284 e. The summed E-state index contributed by atoms with van der Waals surface area (Å²) in [6.07, 6.45) is 0. The minimum absolute atomic E-state index is 0.00950. The van der Waals surface area contributed by atoms with E-state index in [0.29, 0.717) is 18.1 Å². The van der Waals surface area contributed by atoms with Gasteiger partial charge in [0.15, 0.2) is 0 Å². The number of nitrogens with zero attached hydrogens (tertiary/aromatic N) is 4. The molecule has 7 heteroatoms. The summed E-state index contributed by atoms with van der Waals surface area (Å²) in [6, 6.07) is 28.6. The Balaban J connectivity index is 1.56. The van der Waals surface area contributed by atoms with Gasteiger partial charge in [-0.25, -0.2) is 0 Å². The van der Waals surface area contributed by atoms with Crippen LogP contribution in [-0.4, -0.2) is 26.3 Å². The van der Waals surface area contributed by atoms with E-state index in [-0.39, 0.29) is 5.24 Å². The molecule has 0 unspecified atom stereocenters. The molecule has 0 bridgehead atoms. The lowest BCUT2D eigenvalue weighted by Gasteiger charge is -2.15. The molecule has 0 saturated carbocycles. The lowest BCUT2D eigenvalue weighted by molar-refractivity contribution is 0.244. The predicted molar refractivity (Wildman–Crippen MR) is 137 cm³/mol. The van der Waals surface area contributed by atoms with Gasteiger partial charge in [0.2, 0.25) is 4.80 Å². The molecule has 4 aromatic rings. The van der Waals surface area contributed by atoms with Crippen LogP contribution in [0.3, 0.4) is 0 Å². The first-order chi connectivity index (χ1) is 16.2. The normalized spacial score (nSPS) is 15.5. The molecule has 3 aromatic carbocycles. The molecule has 0 atom stereocenters. The number of rotatable bonds is 5. The van der Waals surface area contributed by atoms with E-state index >= 15 is 0 Å². The molecule has 1 amide bonds. The molecule has 1 fully saturated rings. The number of aryl methyl sites for hydroxylation is 1. The topological polar surface area (TPSA) is 50.0 Å². The van der Waals surface area contributed by atoms with Crippen LogP contribution in [0.4, 0.5) is 4.79 Å². The summed E-state index contributed by atoms with van der Waals surface area (Å²) in [5.74, 6) is 1.20. The van der Waals surface area contributed by atoms with Crippen LogP contribution >= 0.6 is 23.1 Å². The van der Waals surface area contributed by atoms with Gasteiger partial charge >= 0.3 is 0 Å². The highest BCUT2D eigenvalue weighted by molar-refractivity contribution is 8.14. The number of thioether (sulfide) groups is 1. The van der Waals surface area contributed by atoms with Crippen LogP contribution in [0.2, 0.25) is 0 Å². The first-order valence-electron chi connectivity index (χ1n) is 10.6. The van der Waals surface area contributed by atoms with E-state index in [0.717, 1.165) is 27.3 Å². The van der Waals surface area contributed by atoms with Crippen molar-refractivity contribution in [1.29, 1.82) is 0 Å². The SMILES string of the molecule is Cc1ccc(-c2cs/c(=N\N=C3\CSC(=O)N3Cc3ccccc3)n2-c2ccccc2)cc1. The fraction of sp³-hybridized carbons (Fsp3) is 0.115. The van der Waals surface area contributed by atoms with Crippen molar-refractivity contribution in [3.63, 3.8) is 0 Å². The first kappa shape index (κ1) is 21.4. The number of hydrogen-bond donors (Lipinski definition) is 0. The maximum atomic E-state index is 12.5. The van der Waals surface area contributed by atoms with E-state index in [1.165, 1.54) is 28.7 Å². The highest BCUT2D eigenvalue weighted by Crippen LogP contribution is 2.25. The highest BCUT2D eigenvalue weighted by Gasteiger charge is 2.28. The number of thiazole rings is 1. The molecule has 5 nitrogen and oxygen atoms in total. The number of hydrogen-bond acceptors (Lipinski definition) is 5. The van der Waals surface area contributed by atoms with Crippen LogP contribution < -0.4 is 4.80 Å². The zero-order valence-electron chi connectivity index (χ0n) is 18.1. The largest absolute Gasteiger partial charge is 0.287 e. The van der Waals surface area contributed by atoms with Crippen molar-refractivity contribution in [1.82, 2.24) is 9.47 Å². The van der Waals surface area contributed by atoms with Gasteiger partial charge in [0, 0.05) is 11.1 Å². The van der Waals surface area contributed by atoms with Gasteiger partial charge in [-0.1, -0.05) is 90.1 Å². The number of amides is 1. The van der Waals surface area contributed by atoms with Crippen LogP contribution in [0.15, 0.2) is 101 Å². The first-order valence-corrected chi connectivity index (χ1v) is 12.5. The van der Waals surface area contributed by atoms with Gasteiger partial charge in [-0.15, -0.1) is 21.5 Å². The zero-order valence-corrected chi connectivity index (χ0v) is 19.7. The van der Waals surface area contributed by atoms with E-state index in [1.54, 1.807) is 4.90 Å². The van der Waals surface area contributed by atoms with Crippen molar-refractivity contribution < 1.29 is 4.79 Å². The zero-order chi connectivity index (χ0) is 22.6. The minimum Gasteiger partial charge on any atom is -0.284 e.